The van der Waals surface area contributed by atoms with Crippen molar-refractivity contribution in [3.8, 4) is 16.9 Å². The van der Waals surface area contributed by atoms with Crippen LogP contribution in [0.5, 0.6) is 5.75 Å². The van der Waals surface area contributed by atoms with Crippen LogP contribution < -0.4 is 4.74 Å². The third-order valence-corrected chi connectivity index (χ3v) is 7.55. The molecule has 10 nitrogen and oxygen atoms in total. The number of nitrogens with zero attached hydrogens (tertiary/aromatic N) is 5. The Morgan fingerprint density at radius 3 is 2.16 bits per heavy atom. The lowest BCUT2D eigenvalue weighted by atomic mass is 10.0. The van der Waals surface area contributed by atoms with Crippen molar-refractivity contribution in [3.05, 3.63) is 70.2 Å². The lowest BCUT2D eigenvalue weighted by Gasteiger charge is -2.38. The number of carbonyl (C=O) groups is 2. The summed E-state index contributed by atoms with van der Waals surface area (Å²) in [4.78, 5) is 25.5. The van der Waals surface area contributed by atoms with Crippen LogP contribution in [0.4, 0.5) is 26.3 Å². The molecule has 4 aromatic rings. The molecule has 0 bridgehead atoms. The SMILES string of the molecule is COc1ccccc1-c1ccc2c(C3CN(Cc4ccc(C)s4)CCN3C)nnn2c1.O=C(O)C(F)(F)F.O=C(O)C(F)(F)F. The predicted molar refractivity (Wildman–Crippen MR) is 152 cm³/mol. The van der Waals surface area contributed by atoms with Crippen LogP contribution in [0.1, 0.15) is 21.5 Å². The van der Waals surface area contributed by atoms with Crippen molar-refractivity contribution in [3.63, 3.8) is 0 Å². The zero-order valence-electron chi connectivity index (χ0n) is 24.1. The van der Waals surface area contributed by atoms with Crippen LogP contribution in [0, 0.1) is 6.92 Å². The van der Waals surface area contributed by atoms with Gasteiger partial charge in [0, 0.05) is 53.3 Å². The smallest absolute Gasteiger partial charge is 0.490 e. The number of aryl methyl sites for hydroxylation is 1. The van der Waals surface area contributed by atoms with Gasteiger partial charge in [-0.1, -0.05) is 29.5 Å². The number of carboxylic acids is 2. The van der Waals surface area contributed by atoms with Gasteiger partial charge in [-0.2, -0.15) is 26.3 Å². The highest BCUT2D eigenvalue weighted by Gasteiger charge is 2.39. The highest BCUT2D eigenvalue weighted by molar-refractivity contribution is 7.11. The first kappa shape index (κ1) is 35.3. The van der Waals surface area contributed by atoms with Gasteiger partial charge in [-0.05, 0) is 38.2 Å². The summed E-state index contributed by atoms with van der Waals surface area (Å²) >= 11 is 1.89. The van der Waals surface area contributed by atoms with E-state index in [2.05, 4.69) is 64.4 Å². The average molecular weight is 662 g/mol. The summed E-state index contributed by atoms with van der Waals surface area (Å²) in [6.07, 6.45) is -8.13. The number of methoxy groups -OCH3 is 1. The minimum atomic E-state index is -5.08. The van der Waals surface area contributed by atoms with E-state index in [1.807, 2.05) is 40.2 Å². The van der Waals surface area contributed by atoms with E-state index < -0.39 is 24.3 Å². The number of thiophene rings is 1. The molecular weight excluding hydrogens is 632 g/mol. The average Bonchev–Trinajstić information content (AvgIpc) is 3.58. The third-order valence-electron chi connectivity index (χ3n) is 6.57. The second-order valence-corrected chi connectivity index (χ2v) is 11.1. The molecule has 0 saturated carbocycles. The van der Waals surface area contributed by atoms with Crippen molar-refractivity contribution in [2.45, 2.75) is 31.9 Å². The Kier molecular flexibility index (Phi) is 11.5. The molecule has 3 aromatic heterocycles. The number of aliphatic carboxylic acids is 2. The highest BCUT2D eigenvalue weighted by atomic mass is 32.1. The number of pyridine rings is 1. The van der Waals surface area contributed by atoms with Gasteiger partial charge in [0.2, 0.25) is 0 Å². The van der Waals surface area contributed by atoms with Gasteiger partial charge in [0.25, 0.3) is 0 Å². The molecule has 244 valence electrons. The Morgan fingerprint density at radius 2 is 1.60 bits per heavy atom. The zero-order chi connectivity index (χ0) is 33.5. The molecule has 2 N–H and O–H groups in total. The molecule has 45 heavy (non-hydrogen) atoms. The third kappa shape index (κ3) is 9.63. The molecule has 0 radical (unpaired) electrons. The zero-order valence-corrected chi connectivity index (χ0v) is 24.9. The molecule has 1 unspecified atom stereocenters. The van der Waals surface area contributed by atoms with E-state index in [1.54, 1.807) is 7.11 Å². The number of hydrogen-bond acceptors (Lipinski definition) is 8. The Bertz CT molecular complexity index is 1580. The van der Waals surface area contributed by atoms with Crippen molar-refractivity contribution < 1.29 is 50.9 Å². The van der Waals surface area contributed by atoms with E-state index in [9.17, 15) is 26.3 Å². The summed E-state index contributed by atoms with van der Waals surface area (Å²) < 4.78 is 70.9. The minimum Gasteiger partial charge on any atom is -0.496 e. The number of carboxylic acid groups (broad SMARTS) is 2. The molecule has 0 aliphatic carbocycles. The summed E-state index contributed by atoms with van der Waals surface area (Å²) in [5.41, 5.74) is 4.22. The fourth-order valence-electron chi connectivity index (χ4n) is 4.35. The number of rotatable bonds is 5. The van der Waals surface area contributed by atoms with Crippen LogP contribution in [-0.4, -0.2) is 92.9 Å². The number of hydrogen-bond donors (Lipinski definition) is 2. The first-order chi connectivity index (χ1) is 21.0. The molecule has 17 heteroatoms. The van der Waals surface area contributed by atoms with Crippen molar-refractivity contribution in [2.24, 2.45) is 0 Å². The highest BCUT2D eigenvalue weighted by Crippen LogP contribution is 2.32. The maximum atomic E-state index is 10.6. The maximum absolute atomic E-state index is 10.6. The number of fused-ring (bicyclic) bond motifs is 1. The van der Waals surface area contributed by atoms with E-state index >= 15 is 0 Å². The first-order valence-corrected chi connectivity index (χ1v) is 13.9. The van der Waals surface area contributed by atoms with E-state index in [0.29, 0.717) is 0 Å². The van der Waals surface area contributed by atoms with Crippen LogP contribution in [0.15, 0.2) is 54.7 Å². The number of benzene rings is 1. The molecular formula is C28H29F6N5O5S. The molecule has 5 rings (SSSR count). The summed E-state index contributed by atoms with van der Waals surface area (Å²) in [6.45, 7) is 6.22. The van der Waals surface area contributed by atoms with Crippen LogP contribution >= 0.6 is 11.3 Å². The van der Waals surface area contributed by atoms with Gasteiger partial charge in [-0.15, -0.1) is 16.4 Å². The lowest BCUT2D eigenvalue weighted by molar-refractivity contribution is -0.193. The van der Waals surface area contributed by atoms with Crippen LogP contribution in [0.3, 0.4) is 0 Å². The standard InChI is InChI=1S/C24H27N5OS.2C2HF3O2/c1-17-8-10-19(31-17)15-28-13-12-27(2)22(16-28)24-21-11-9-18(14-29(21)26-25-24)20-6-4-5-7-23(20)30-3;2*3-2(4,5)1(6)7/h4-11,14,22H,12-13,15-16H2,1-3H3;2*(H,6,7). The lowest BCUT2D eigenvalue weighted by Crippen LogP contribution is -2.46. The van der Waals surface area contributed by atoms with Crippen LogP contribution in [-0.2, 0) is 16.1 Å². The summed E-state index contributed by atoms with van der Waals surface area (Å²) in [7, 11) is 3.89. The van der Waals surface area contributed by atoms with Gasteiger partial charge in [-0.25, -0.2) is 14.1 Å². The summed E-state index contributed by atoms with van der Waals surface area (Å²) in [6, 6.07) is 17.0. The molecule has 0 amide bonds. The topological polar surface area (TPSA) is 121 Å². The second kappa shape index (κ2) is 14.7. The van der Waals surface area contributed by atoms with E-state index in [-0.39, 0.29) is 6.04 Å². The minimum absolute atomic E-state index is 0.226. The fraction of sp³-hybridized carbons (Fsp3) is 0.357. The summed E-state index contributed by atoms with van der Waals surface area (Å²) in [5, 5.41) is 23.3. The second-order valence-electron chi connectivity index (χ2n) is 9.77. The number of likely N-dealkylation sites (N-methyl/N-ethyl adjacent to an activating group) is 1. The monoisotopic (exact) mass is 661 g/mol. The van der Waals surface area contributed by atoms with E-state index in [1.165, 1.54) is 9.75 Å². The van der Waals surface area contributed by atoms with E-state index in [4.69, 9.17) is 24.5 Å². The van der Waals surface area contributed by atoms with Crippen LogP contribution in [0.2, 0.25) is 0 Å². The van der Waals surface area contributed by atoms with Crippen molar-refractivity contribution in [2.75, 3.05) is 33.8 Å². The van der Waals surface area contributed by atoms with Crippen molar-refractivity contribution in [1.29, 1.82) is 0 Å². The van der Waals surface area contributed by atoms with Crippen molar-refractivity contribution in [1.82, 2.24) is 24.6 Å². The normalized spacial score (nSPS) is 15.9. The predicted octanol–water partition coefficient (Wildman–Crippen LogP) is 5.53. The molecule has 1 aromatic carbocycles. The van der Waals surface area contributed by atoms with Gasteiger partial charge in [0.15, 0.2) is 0 Å². The molecule has 1 atom stereocenters. The van der Waals surface area contributed by atoms with Gasteiger partial charge in [0.1, 0.15) is 11.4 Å². The summed E-state index contributed by atoms with van der Waals surface area (Å²) in [5.74, 6) is -4.66. The molecule has 4 heterocycles. The molecule has 1 aliphatic rings. The molecule has 1 aliphatic heterocycles. The van der Waals surface area contributed by atoms with Gasteiger partial charge < -0.3 is 14.9 Å². The fourth-order valence-corrected chi connectivity index (χ4v) is 5.29. The largest absolute Gasteiger partial charge is 0.496 e. The van der Waals surface area contributed by atoms with Crippen molar-refractivity contribution >= 4 is 28.8 Å². The maximum Gasteiger partial charge on any atom is 0.490 e. The molecule has 1 saturated heterocycles. The number of ether oxygens (including phenoxy) is 1. The number of halogens is 6. The number of piperazine rings is 1. The van der Waals surface area contributed by atoms with E-state index in [0.717, 1.165) is 54.3 Å². The Labute approximate surface area is 257 Å². The number of aromatic nitrogens is 3. The van der Waals surface area contributed by atoms with Gasteiger partial charge in [-0.3, -0.25) is 9.80 Å². The Hall–Kier alpha value is -4.22. The molecule has 1 fully saturated rings. The quantitative estimate of drug-likeness (QED) is 0.266. The van der Waals surface area contributed by atoms with Crippen LogP contribution in [0.25, 0.3) is 16.6 Å². The first-order valence-electron chi connectivity index (χ1n) is 13.1. The Balaban J connectivity index is 0.000000331. The van der Waals surface area contributed by atoms with Gasteiger partial charge >= 0.3 is 24.3 Å². The Morgan fingerprint density at radius 1 is 0.978 bits per heavy atom. The number of alkyl halides is 6. The van der Waals surface area contributed by atoms with Gasteiger partial charge in [0.05, 0.1) is 18.7 Å². The molecule has 0 spiro atoms. The number of para-hydroxylation sites is 1.